The monoisotopic (exact) mass is 1410 g/mol. The Morgan fingerprint density at radius 2 is 0.656 bits per heavy atom. The molecule has 8 rings (SSSR count). The Hall–Kier alpha value is -3.07. The standard InChI is InChI=1S/C53H89N3O40/c1-12(63)54-23-31(72)40(19(7-60)84-46(23)81)91-47-24(55-13(2)64)33(74)42(21(9-62)88-47)93-53-45(96-49-37(78)26(67)15(66)10-82-49)43(94-51-39(80)35(76)28(69)17(5-58)86-51)30(71)22(90-53)11-83-52-44(36(77)29(70)18(6-59)87-52)95-48-25(56-14(3)65)32(73)41(20(8-61)89-48)92-50-38(79)34(75)27(68)16(4-57)85-50/h15-53,57-62,66-81H,4-11H2,1-3H3,(H,54,63)(H,55,64)(H,56,65)/t15-,16-,17-,18-,19-,20-,21-,22-,23-,24-,25-,26+,27+,28-,29-,30-,31-,32-,33-,34+,35+,36+,37-,38-,39+,40-,41-,42-,43+,44+,45+,46?,47+,48+,49+,50+,51-,52+,53+/m1/s1. The van der Waals surface area contributed by atoms with Crippen LogP contribution in [0.15, 0.2) is 0 Å². The minimum atomic E-state index is -2.38. The van der Waals surface area contributed by atoms with E-state index in [2.05, 4.69) is 16.0 Å². The highest BCUT2D eigenvalue weighted by Gasteiger charge is 2.60. The van der Waals surface area contributed by atoms with E-state index in [1.165, 1.54) is 0 Å². The molecule has 0 saturated carbocycles. The predicted octanol–water partition coefficient (Wildman–Crippen LogP) is -17.4. The molecule has 0 radical (unpaired) electrons. The van der Waals surface area contributed by atoms with Gasteiger partial charge < -0.3 is 199 Å². The summed E-state index contributed by atoms with van der Waals surface area (Å²) in [5.41, 5.74) is 0. The summed E-state index contributed by atoms with van der Waals surface area (Å²) in [6.07, 6.45) is -73.1. The van der Waals surface area contributed by atoms with Crippen molar-refractivity contribution in [3.63, 3.8) is 0 Å². The molecule has 25 N–H and O–H groups in total. The van der Waals surface area contributed by atoms with E-state index in [1.54, 1.807) is 0 Å². The second-order valence-electron chi connectivity index (χ2n) is 24.2. The van der Waals surface area contributed by atoms with Gasteiger partial charge in [-0.1, -0.05) is 0 Å². The molecule has 0 aromatic rings. The maximum Gasteiger partial charge on any atom is 0.217 e. The summed E-state index contributed by atoms with van der Waals surface area (Å²) >= 11 is 0. The van der Waals surface area contributed by atoms with Crippen LogP contribution in [0, 0.1) is 0 Å². The Morgan fingerprint density at radius 1 is 0.312 bits per heavy atom. The molecule has 8 fully saturated rings. The third kappa shape index (κ3) is 17.2. The number of hydrogen-bond acceptors (Lipinski definition) is 40. The van der Waals surface area contributed by atoms with Crippen molar-refractivity contribution in [2.24, 2.45) is 0 Å². The summed E-state index contributed by atoms with van der Waals surface area (Å²) in [5, 5.41) is 248. The van der Waals surface area contributed by atoms with Gasteiger partial charge in [0.15, 0.2) is 50.3 Å². The van der Waals surface area contributed by atoms with Crippen molar-refractivity contribution >= 4 is 17.7 Å². The Morgan fingerprint density at radius 3 is 1.11 bits per heavy atom. The van der Waals surface area contributed by atoms with Crippen LogP contribution in [0.3, 0.4) is 0 Å². The first-order chi connectivity index (χ1) is 45.4. The van der Waals surface area contributed by atoms with Crippen LogP contribution in [0.5, 0.6) is 0 Å². The van der Waals surface area contributed by atoms with Gasteiger partial charge >= 0.3 is 0 Å². The average Bonchev–Trinajstić information content (AvgIpc) is 0.774. The third-order valence-electron chi connectivity index (χ3n) is 17.5. The number of nitrogens with one attached hydrogen (secondary N) is 3. The lowest BCUT2D eigenvalue weighted by molar-refractivity contribution is -0.405. The van der Waals surface area contributed by atoms with Crippen molar-refractivity contribution in [2.45, 2.75) is 260 Å². The van der Waals surface area contributed by atoms with Crippen molar-refractivity contribution in [1.82, 2.24) is 16.0 Å². The van der Waals surface area contributed by atoms with Crippen molar-refractivity contribution < 1.29 is 198 Å². The number of rotatable bonds is 24. The number of amides is 3. The van der Waals surface area contributed by atoms with Gasteiger partial charge in [-0.25, -0.2) is 0 Å². The number of aliphatic hydroxyl groups excluding tert-OH is 22. The number of hydrogen-bond donors (Lipinski definition) is 25. The lowest BCUT2D eigenvalue weighted by atomic mass is 9.93. The highest BCUT2D eigenvalue weighted by molar-refractivity contribution is 5.74. The van der Waals surface area contributed by atoms with E-state index in [0.29, 0.717) is 0 Å². The molecule has 1 unspecified atom stereocenters. The zero-order chi connectivity index (χ0) is 70.6. The van der Waals surface area contributed by atoms with E-state index in [1.807, 2.05) is 0 Å². The van der Waals surface area contributed by atoms with Crippen LogP contribution < -0.4 is 16.0 Å². The van der Waals surface area contributed by atoms with E-state index >= 15 is 0 Å². The molecule has 39 atom stereocenters. The van der Waals surface area contributed by atoms with Gasteiger partial charge in [0.25, 0.3) is 0 Å². The van der Waals surface area contributed by atoms with Crippen LogP contribution in [0.1, 0.15) is 20.8 Å². The molecule has 8 heterocycles. The number of carbonyl (C=O) groups is 3. The molecule has 96 heavy (non-hydrogen) atoms. The molecular formula is C53H89N3O40. The Balaban J connectivity index is 1.14. The summed E-state index contributed by atoms with van der Waals surface area (Å²) in [6, 6.07) is -5.37. The Kier molecular flexibility index (Phi) is 28.1. The van der Waals surface area contributed by atoms with Gasteiger partial charge in [0.05, 0.1) is 52.9 Å². The topological polar surface area (TPSA) is 671 Å². The molecule has 556 valence electrons. The zero-order valence-electron chi connectivity index (χ0n) is 51.4. The summed E-state index contributed by atoms with van der Waals surface area (Å²) in [4.78, 5) is 37.8. The number of aliphatic hydroxyl groups is 22. The fourth-order valence-corrected chi connectivity index (χ4v) is 12.3. The van der Waals surface area contributed by atoms with Gasteiger partial charge in [0.2, 0.25) is 17.7 Å². The number of carbonyl (C=O) groups excluding carboxylic acids is 3. The quantitative estimate of drug-likeness (QED) is 0.0427. The highest BCUT2D eigenvalue weighted by Crippen LogP contribution is 2.39. The van der Waals surface area contributed by atoms with Gasteiger partial charge in [-0.15, -0.1) is 0 Å². The molecular weight excluding hydrogens is 1320 g/mol. The molecule has 8 aliphatic heterocycles. The third-order valence-corrected chi connectivity index (χ3v) is 17.5. The van der Waals surface area contributed by atoms with Crippen molar-refractivity contribution in [3.05, 3.63) is 0 Å². The Bertz CT molecular complexity index is 2460. The van der Waals surface area contributed by atoms with Crippen LogP contribution in [-0.4, -0.2) is 422 Å². The first kappa shape index (κ1) is 78.6. The van der Waals surface area contributed by atoms with Crippen LogP contribution in [-0.2, 0) is 85.4 Å². The molecule has 0 spiro atoms. The van der Waals surface area contributed by atoms with Gasteiger partial charge in [-0.2, -0.15) is 0 Å². The number of ether oxygens (including phenoxy) is 15. The molecule has 3 amide bonds. The van der Waals surface area contributed by atoms with E-state index in [-0.39, 0.29) is 0 Å². The highest BCUT2D eigenvalue weighted by atomic mass is 16.8. The fraction of sp³-hybridized carbons (Fsp3) is 0.943. The SMILES string of the molecule is CC(=O)N[C@H]1[C@H](O[C@@H]2[C@@H](OC[C@H]3O[C@@H](O[C@H]4[C@H](O)[C@@H](NC(C)=O)[C@H](O[C@H]5[C@H](O)[C@@H](NC(C)=O)C(O)O[C@@H]5CO)O[C@@H]4CO)[C@@H](O[C@@H]4OC[C@@H](O)[C@H](O)[C@H]4O)[C@@H](O[C@H]4O[C@H](CO)[C@@H](O)[C@H](O)[C@@H]4O)[C@@H]3O)O[C@H](CO)[C@@H](O)[C@@H]2O)O[C@H](CO)[C@@H](O[C@@H]2O[C@H](CO)[C@H](O)[C@H](O)[C@H]2O)[C@@H]1O. The van der Waals surface area contributed by atoms with Crippen molar-refractivity contribution in [2.75, 3.05) is 52.9 Å². The first-order valence-corrected chi connectivity index (χ1v) is 30.5. The molecule has 0 aromatic carbocycles. The second kappa shape index (κ2) is 34.3. The first-order valence-electron chi connectivity index (χ1n) is 30.5. The minimum absolute atomic E-state index is 0.767. The van der Waals surface area contributed by atoms with Crippen LogP contribution in [0.25, 0.3) is 0 Å². The van der Waals surface area contributed by atoms with Gasteiger partial charge in [0.1, 0.15) is 189 Å². The van der Waals surface area contributed by atoms with Crippen LogP contribution >= 0.6 is 0 Å². The molecule has 8 aliphatic rings. The predicted molar refractivity (Wildman–Crippen MR) is 293 cm³/mol. The molecule has 0 aromatic heterocycles. The maximum absolute atomic E-state index is 12.9. The zero-order valence-corrected chi connectivity index (χ0v) is 51.4. The molecule has 0 bridgehead atoms. The molecule has 43 nitrogen and oxygen atoms in total. The maximum atomic E-state index is 12.9. The van der Waals surface area contributed by atoms with Crippen LogP contribution in [0.2, 0.25) is 0 Å². The van der Waals surface area contributed by atoms with Gasteiger partial charge in [-0.05, 0) is 0 Å². The summed E-state index contributed by atoms with van der Waals surface area (Å²) in [6.45, 7) is -5.22. The van der Waals surface area contributed by atoms with Crippen molar-refractivity contribution in [1.29, 1.82) is 0 Å². The van der Waals surface area contributed by atoms with Gasteiger partial charge in [-0.3, -0.25) is 14.4 Å². The normalized spacial score (nSPS) is 49.5. The smallest absolute Gasteiger partial charge is 0.217 e. The second-order valence-corrected chi connectivity index (χ2v) is 24.2. The fourth-order valence-electron chi connectivity index (χ4n) is 12.3. The summed E-state index contributed by atoms with van der Waals surface area (Å²) in [5.74, 6) is -2.59. The van der Waals surface area contributed by atoms with Gasteiger partial charge in [0, 0.05) is 20.8 Å². The lowest BCUT2D eigenvalue weighted by Crippen LogP contribution is -2.71. The summed E-state index contributed by atoms with van der Waals surface area (Å²) < 4.78 is 88.7. The van der Waals surface area contributed by atoms with E-state index in [0.717, 1.165) is 20.8 Å². The molecule has 8 saturated heterocycles. The lowest BCUT2D eigenvalue weighted by Gasteiger charge is -2.51. The minimum Gasteiger partial charge on any atom is -0.394 e. The van der Waals surface area contributed by atoms with Crippen molar-refractivity contribution in [3.8, 4) is 0 Å². The summed E-state index contributed by atoms with van der Waals surface area (Å²) in [7, 11) is 0. The van der Waals surface area contributed by atoms with E-state index in [4.69, 9.17) is 71.1 Å². The average molecular weight is 1410 g/mol. The van der Waals surface area contributed by atoms with E-state index < -0.39 is 310 Å². The van der Waals surface area contributed by atoms with Crippen LogP contribution in [0.4, 0.5) is 0 Å². The molecule has 43 heteroatoms. The molecule has 0 aliphatic carbocycles. The Labute approximate surface area is 543 Å². The van der Waals surface area contributed by atoms with E-state index in [9.17, 15) is 127 Å². The largest absolute Gasteiger partial charge is 0.394 e.